The number of nitrogens with zero attached hydrogens (tertiary/aromatic N) is 1. The Morgan fingerprint density at radius 1 is 1.43 bits per heavy atom. The molecule has 21 heavy (non-hydrogen) atoms. The number of rotatable bonds is 6. The molecule has 0 unspecified atom stereocenters. The van der Waals surface area contributed by atoms with Crippen molar-refractivity contribution in [1.29, 1.82) is 0 Å². The van der Waals surface area contributed by atoms with E-state index in [4.69, 9.17) is 4.74 Å². The Morgan fingerprint density at radius 2 is 2.19 bits per heavy atom. The van der Waals surface area contributed by atoms with E-state index in [-0.39, 0.29) is 23.0 Å². The van der Waals surface area contributed by atoms with Gasteiger partial charge in [-0.2, -0.15) is 0 Å². The quantitative estimate of drug-likeness (QED) is 0.876. The topological polar surface area (TPSA) is 51.2 Å². The largest absolute Gasteiger partial charge is 0.378 e. The molecule has 0 aliphatic heterocycles. The van der Waals surface area contributed by atoms with Gasteiger partial charge in [0.15, 0.2) is 0 Å². The molecule has 1 aromatic rings. The lowest BCUT2D eigenvalue weighted by Crippen LogP contribution is -2.68. The zero-order chi connectivity index (χ0) is 15.5. The van der Waals surface area contributed by atoms with Gasteiger partial charge in [-0.25, -0.2) is 0 Å². The van der Waals surface area contributed by atoms with Crippen molar-refractivity contribution >= 4 is 5.91 Å². The summed E-state index contributed by atoms with van der Waals surface area (Å²) in [6.07, 6.45) is 4.89. The lowest BCUT2D eigenvalue weighted by Gasteiger charge is -2.59. The monoisotopic (exact) mass is 290 g/mol. The van der Waals surface area contributed by atoms with Gasteiger partial charge in [0, 0.05) is 36.9 Å². The number of nitrogens with one attached hydrogen (secondary N) is 1. The second-order valence-electron chi connectivity index (χ2n) is 6.66. The van der Waals surface area contributed by atoms with Gasteiger partial charge in [0.25, 0.3) is 0 Å². The van der Waals surface area contributed by atoms with Crippen LogP contribution >= 0.6 is 0 Å². The van der Waals surface area contributed by atoms with Gasteiger partial charge in [0.05, 0.1) is 5.60 Å². The zero-order valence-corrected chi connectivity index (χ0v) is 13.5. The second kappa shape index (κ2) is 6.14. The second-order valence-corrected chi connectivity index (χ2v) is 6.66. The molecule has 1 aliphatic rings. The number of hydrogen-bond acceptors (Lipinski definition) is 3. The number of aryl methyl sites for hydroxylation is 1. The van der Waals surface area contributed by atoms with Crippen LogP contribution in [0.15, 0.2) is 24.4 Å². The van der Waals surface area contributed by atoms with E-state index in [1.807, 2.05) is 18.2 Å². The SMILES string of the molecule is CO[C@]1(C)C[C@@H](NC(=O)CCCc2ccccn2)C1(C)C. The molecule has 1 aliphatic carbocycles. The summed E-state index contributed by atoms with van der Waals surface area (Å²) in [5.74, 6) is 0.127. The molecule has 0 radical (unpaired) electrons. The minimum Gasteiger partial charge on any atom is -0.378 e. The predicted octanol–water partition coefficient (Wildman–Crippen LogP) is 2.72. The van der Waals surface area contributed by atoms with Crippen molar-refractivity contribution < 1.29 is 9.53 Å². The number of ether oxygens (including phenoxy) is 1. The summed E-state index contributed by atoms with van der Waals surface area (Å²) in [6, 6.07) is 6.08. The first-order valence-electron chi connectivity index (χ1n) is 7.63. The summed E-state index contributed by atoms with van der Waals surface area (Å²) >= 11 is 0. The molecule has 0 spiro atoms. The minimum atomic E-state index is -0.140. The molecule has 4 nitrogen and oxygen atoms in total. The van der Waals surface area contributed by atoms with Gasteiger partial charge in [-0.15, -0.1) is 0 Å². The Balaban J connectivity index is 1.74. The van der Waals surface area contributed by atoms with Gasteiger partial charge in [0.2, 0.25) is 5.91 Å². The van der Waals surface area contributed by atoms with Crippen LogP contribution in [-0.4, -0.2) is 29.6 Å². The Morgan fingerprint density at radius 3 is 2.76 bits per heavy atom. The molecule has 1 aromatic heterocycles. The van der Waals surface area contributed by atoms with Crippen LogP contribution in [0.4, 0.5) is 0 Å². The molecule has 116 valence electrons. The Labute approximate surface area is 127 Å². The zero-order valence-electron chi connectivity index (χ0n) is 13.5. The summed E-state index contributed by atoms with van der Waals surface area (Å²) in [7, 11) is 1.74. The van der Waals surface area contributed by atoms with E-state index in [1.165, 1.54) is 0 Å². The molecule has 2 rings (SSSR count). The molecular formula is C17H26N2O2. The maximum Gasteiger partial charge on any atom is 0.220 e. The fraction of sp³-hybridized carbons (Fsp3) is 0.647. The lowest BCUT2D eigenvalue weighted by atomic mass is 9.56. The number of amides is 1. The van der Waals surface area contributed by atoms with Crippen molar-refractivity contribution in [3.05, 3.63) is 30.1 Å². The van der Waals surface area contributed by atoms with Crippen molar-refractivity contribution in [2.75, 3.05) is 7.11 Å². The molecule has 0 bridgehead atoms. The third kappa shape index (κ3) is 3.26. The van der Waals surface area contributed by atoms with E-state index in [0.29, 0.717) is 6.42 Å². The molecule has 1 fully saturated rings. The number of carbonyl (C=O) groups excluding carboxylic acids is 1. The maximum absolute atomic E-state index is 12.1. The Hall–Kier alpha value is -1.42. The average molecular weight is 290 g/mol. The fourth-order valence-electron chi connectivity index (χ4n) is 2.97. The third-order valence-corrected chi connectivity index (χ3v) is 5.18. The first kappa shape index (κ1) is 16.0. The smallest absolute Gasteiger partial charge is 0.220 e. The normalized spacial score (nSPS) is 27.0. The van der Waals surface area contributed by atoms with Gasteiger partial charge in [-0.1, -0.05) is 19.9 Å². The summed E-state index contributed by atoms with van der Waals surface area (Å²) < 4.78 is 5.58. The first-order chi connectivity index (χ1) is 9.89. The van der Waals surface area contributed by atoms with Gasteiger partial charge in [-0.3, -0.25) is 9.78 Å². The number of hydrogen-bond donors (Lipinski definition) is 1. The molecule has 2 atom stereocenters. The van der Waals surface area contributed by atoms with Crippen molar-refractivity contribution in [2.45, 2.75) is 58.1 Å². The van der Waals surface area contributed by atoms with Gasteiger partial charge >= 0.3 is 0 Å². The van der Waals surface area contributed by atoms with Crippen molar-refractivity contribution in [1.82, 2.24) is 10.3 Å². The lowest BCUT2D eigenvalue weighted by molar-refractivity contribution is -0.182. The van der Waals surface area contributed by atoms with E-state index in [9.17, 15) is 4.79 Å². The van der Waals surface area contributed by atoms with E-state index >= 15 is 0 Å². The molecule has 4 heteroatoms. The van der Waals surface area contributed by atoms with Crippen LogP contribution in [0.5, 0.6) is 0 Å². The highest BCUT2D eigenvalue weighted by atomic mass is 16.5. The first-order valence-corrected chi connectivity index (χ1v) is 7.63. The van der Waals surface area contributed by atoms with E-state index in [2.05, 4.69) is 31.1 Å². The van der Waals surface area contributed by atoms with Crippen LogP contribution in [0.1, 0.15) is 45.7 Å². The number of methoxy groups -OCH3 is 1. The molecule has 1 N–H and O–H groups in total. The van der Waals surface area contributed by atoms with Crippen LogP contribution in [-0.2, 0) is 16.0 Å². The Kier molecular flexibility index (Phi) is 4.67. The van der Waals surface area contributed by atoms with Crippen LogP contribution in [0.25, 0.3) is 0 Å². The minimum absolute atomic E-state index is 0.0294. The predicted molar refractivity (Wildman–Crippen MR) is 82.9 cm³/mol. The summed E-state index contributed by atoms with van der Waals surface area (Å²) in [5.41, 5.74) is 0.873. The van der Waals surface area contributed by atoms with Crippen molar-refractivity contribution in [3.8, 4) is 0 Å². The molecule has 1 heterocycles. The number of aromatic nitrogens is 1. The highest BCUT2D eigenvalue weighted by Crippen LogP contribution is 2.51. The number of pyridine rings is 1. The highest BCUT2D eigenvalue weighted by Gasteiger charge is 2.58. The maximum atomic E-state index is 12.1. The van der Waals surface area contributed by atoms with Crippen molar-refractivity contribution in [2.24, 2.45) is 5.41 Å². The standard InChI is InChI=1S/C17H26N2O2/c1-16(2)14(12-17(16,3)21-4)19-15(20)10-7-9-13-8-5-6-11-18-13/h5-6,8,11,14H,7,9-10,12H2,1-4H3,(H,19,20)/t14-,17-/m1/s1. The molecule has 1 saturated carbocycles. The van der Waals surface area contributed by atoms with Crippen LogP contribution in [0, 0.1) is 5.41 Å². The summed E-state index contributed by atoms with van der Waals surface area (Å²) in [4.78, 5) is 16.3. The van der Waals surface area contributed by atoms with E-state index in [1.54, 1.807) is 13.3 Å². The van der Waals surface area contributed by atoms with Gasteiger partial charge in [0.1, 0.15) is 0 Å². The van der Waals surface area contributed by atoms with E-state index < -0.39 is 0 Å². The average Bonchev–Trinajstić information content (AvgIpc) is 2.47. The number of carbonyl (C=O) groups is 1. The third-order valence-electron chi connectivity index (χ3n) is 5.18. The summed E-state index contributed by atoms with van der Waals surface area (Å²) in [6.45, 7) is 6.41. The summed E-state index contributed by atoms with van der Waals surface area (Å²) in [5, 5.41) is 3.14. The van der Waals surface area contributed by atoms with E-state index in [0.717, 1.165) is 25.0 Å². The highest BCUT2D eigenvalue weighted by molar-refractivity contribution is 5.76. The fourth-order valence-corrected chi connectivity index (χ4v) is 2.97. The molecule has 1 amide bonds. The van der Waals surface area contributed by atoms with Crippen LogP contribution in [0.2, 0.25) is 0 Å². The van der Waals surface area contributed by atoms with Gasteiger partial charge in [-0.05, 0) is 38.3 Å². The molecule has 0 saturated heterocycles. The van der Waals surface area contributed by atoms with Crippen molar-refractivity contribution in [3.63, 3.8) is 0 Å². The van der Waals surface area contributed by atoms with Crippen LogP contribution in [0.3, 0.4) is 0 Å². The van der Waals surface area contributed by atoms with Crippen LogP contribution < -0.4 is 5.32 Å². The molecular weight excluding hydrogens is 264 g/mol. The Bertz CT molecular complexity index is 487. The molecule has 0 aromatic carbocycles. The van der Waals surface area contributed by atoms with Gasteiger partial charge < -0.3 is 10.1 Å².